The van der Waals surface area contributed by atoms with Gasteiger partial charge in [-0.3, -0.25) is 0 Å². The van der Waals surface area contributed by atoms with Crippen molar-refractivity contribution in [2.24, 2.45) is 0 Å². The standard InChI is InChI=1S/C4H5Cl3O2/c1-2-4(5,6)3(8)9-7/h2H2,1H3. The van der Waals surface area contributed by atoms with Gasteiger partial charge in [-0.15, -0.1) is 0 Å². The minimum Gasteiger partial charge on any atom is -0.344 e. The van der Waals surface area contributed by atoms with Crippen molar-refractivity contribution in [2.75, 3.05) is 0 Å². The molecule has 5 heteroatoms. The minimum absolute atomic E-state index is 0.266. The van der Waals surface area contributed by atoms with Crippen LogP contribution in [-0.2, 0) is 9.08 Å². The molecule has 54 valence electrons. The Morgan fingerprint density at radius 1 is 1.67 bits per heavy atom. The largest absolute Gasteiger partial charge is 0.360 e. The van der Waals surface area contributed by atoms with Gasteiger partial charge < -0.3 is 4.29 Å². The van der Waals surface area contributed by atoms with Gasteiger partial charge in [0.1, 0.15) is 11.9 Å². The first-order chi connectivity index (χ1) is 4.04. The molecule has 0 saturated heterocycles. The van der Waals surface area contributed by atoms with Gasteiger partial charge in [0.25, 0.3) is 0 Å². The maximum atomic E-state index is 10.4. The van der Waals surface area contributed by atoms with Crippen molar-refractivity contribution in [1.82, 2.24) is 0 Å². The molecule has 0 aliphatic rings. The molecular formula is C4H5Cl3O2. The van der Waals surface area contributed by atoms with Crippen molar-refractivity contribution in [3.63, 3.8) is 0 Å². The van der Waals surface area contributed by atoms with Crippen molar-refractivity contribution < 1.29 is 9.08 Å². The lowest BCUT2D eigenvalue weighted by Crippen LogP contribution is -2.24. The quantitative estimate of drug-likeness (QED) is 0.626. The Kier molecular flexibility index (Phi) is 3.63. The van der Waals surface area contributed by atoms with Gasteiger partial charge in [0, 0.05) is 0 Å². The Hall–Kier alpha value is 0.340. The summed E-state index contributed by atoms with van der Waals surface area (Å²) < 4.78 is 2.28. The van der Waals surface area contributed by atoms with E-state index in [1.807, 2.05) is 0 Å². The van der Waals surface area contributed by atoms with Crippen molar-refractivity contribution in [2.45, 2.75) is 17.7 Å². The van der Waals surface area contributed by atoms with E-state index < -0.39 is 10.3 Å². The van der Waals surface area contributed by atoms with Crippen LogP contribution in [0, 0.1) is 0 Å². The lowest BCUT2D eigenvalue weighted by Gasteiger charge is -2.10. The van der Waals surface area contributed by atoms with E-state index in [9.17, 15) is 4.79 Å². The summed E-state index contributed by atoms with van der Waals surface area (Å²) in [7, 11) is 0. The predicted octanol–water partition coefficient (Wildman–Crippen LogP) is 2.27. The van der Waals surface area contributed by atoms with Crippen molar-refractivity contribution in [3.8, 4) is 0 Å². The van der Waals surface area contributed by atoms with Crippen LogP contribution in [0.2, 0.25) is 0 Å². The second-order valence-electron chi connectivity index (χ2n) is 1.42. The normalized spacial score (nSPS) is 11.1. The molecule has 0 rings (SSSR count). The van der Waals surface area contributed by atoms with Gasteiger partial charge in [-0.2, -0.15) is 0 Å². The molecule has 0 aliphatic carbocycles. The number of carbonyl (C=O) groups is 1. The summed E-state index contributed by atoms with van der Waals surface area (Å²) in [6.45, 7) is 1.65. The van der Waals surface area contributed by atoms with Crippen molar-refractivity contribution >= 4 is 41.0 Å². The average Bonchev–Trinajstić information content (AvgIpc) is 1.86. The summed E-state index contributed by atoms with van der Waals surface area (Å²) >= 11 is 15.5. The van der Waals surface area contributed by atoms with Crippen LogP contribution in [-0.4, -0.2) is 10.3 Å². The molecule has 0 N–H and O–H groups in total. The predicted molar refractivity (Wildman–Crippen MR) is 36.7 cm³/mol. The van der Waals surface area contributed by atoms with Gasteiger partial charge in [0.2, 0.25) is 4.33 Å². The minimum atomic E-state index is -1.50. The van der Waals surface area contributed by atoms with Gasteiger partial charge in [0.15, 0.2) is 0 Å². The number of halogens is 3. The van der Waals surface area contributed by atoms with Crippen LogP contribution in [0.5, 0.6) is 0 Å². The number of hydrogen-bond acceptors (Lipinski definition) is 2. The summed E-state index contributed by atoms with van der Waals surface area (Å²) in [5.74, 6) is -0.838. The SMILES string of the molecule is CCC(Cl)(Cl)C(=O)OCl. The van der Waals surface area contributed by atoms with Crippen LogP contribution < -0.4 is 0 Å². The third-order valence-electron chi connectivity index (χ3n) is 0.813. The molecule has 0 atom stereocenters. The van der Waals surface area contributed by atoms with E-state index in [1.54, 1.807) is 6.92 Å². The van der Waals surface area contributed by atoms with Crippen LogP contribution in [0.25, 0.3) is 0 Å². The van der Waals surface area contributed by atoms with Gasteiger partial charge in [-0.1, -0.05) is 30.1 Å². The fourth-order valence-electron chi connectivity index (χ4n) is 0.201. The van der Waals surface area contributed by atoms with Crippen LogP contribution in [0.1, 0.15) is 13.3 Å². The highest BCUT2D eigenvalue weighted by molar-refractivity contribution is 6.58. The third-order valence-corrected chi connectivity index (χ3v) is 1.80. The van der Waals surface area contributed by atoms with Gasteiger partial charge in [-0.05, 0) is 6.42 Å². The molecule has 0 bridgehead atoms. The molecule has 0 aromatic rings. The molecule has 0 radical (unpaired) electrons. The van der Waals surface area contributed by atoms with Gasteiger partial charge >= 0.3 is 5.97 Å². The molecule has 0 amide bonds. The molecule has 0 aliphatic heterocycles. The van der Waals surface area contributed by atoms with Crippen molar-refractivity contribution in [3.05, 3.63) is 0 Å². The Morgan fingerprint density at radius 2 is 2.11 bits per heavy atom. The third kappa shape index (κ3) is 2.61. The fourth-order valence-corrected chi connectivity index (χ4v) is 0.489. The molecule has 0 fully saturated rings. The van der Waals surface area contributed by atoms with E-state index in [1.165, 1.54) is 0 Å². The van der Waals surface area contributed by atoms with Crippen LogP contribution in [0.15, 0.2) is 0 Å². The zero-order valence-electron chi connectivity index (χ0n) is 4.66. The summed E-state index contributed by atoms with van der Waals surface area (Å²) in [5.41, 5.74) is 0. The van der Waals surface area contributed by atoms with Gasteiger partial charge in [-0.25, -0.2) is 4.79 Å². The maximum absolute atomic E-state index is 10.4. The molecule has 0 aromatic carbocycles. The fraction of sp³-hybridized carbons (Fsp3) is 0.750. The first-order valence-electron chi connectivity index (χ1n) is 2.25. The molecule has 0 heterocycles. The van der Waals surface area contributed by atoms with E-state index in [0.29, 0.717) is 0 Å². The zero-order chi connectivity index (χ0) is 7.49. The summed E-state index contributed by atoms with van der Waals surface area (Å²) in [5, 5.41) is 0. The highest BCUT2D eigenvalue weighted by Gasteiger charge is 2.33. The van der Waals surface area contributed by atoms with E-state index in [-0.39, 0.29) is 6.42 Å². The van der Waals surface area contributed by atoms with E-state index >= 15 is 0 Å². The van der Waals surface area contributed by atoms with Crippen LogP contribution in [0.3, 0.4) is 0 Å². The monoisotopic (exact) mass is 190 g/mol. The summed E-state index contributed by atoms with van der Waals surface area (Å²) in [6, 6.07) is 0. The lowest BCUT2D eigenvalue weighted by atomic mass is 10.3. The molecule has 0 saturated carbocycles. The number of alkyl halides is 2. The highest BCUT2D eigenvalue weighted by Crippen LogP contribution is 2.26. The summed E-state index contributed by atoms with van der Waals surface area (Å²) in [6.07, 6.45) is 0.266. The number of rotatable bonds is 2. The maximum Gasteiger partial charge on any atom is 0.360 e. The Morgan fingerprint density at radius 3 is 2.22 bits per heavy atom. The second kappa shape index (κ2) is 3.49. The Labute approximate surface area is 68.2 Å². The summed E-state index contributed by atoms with van der Waals surface area (Å²) in [4.78, 5) is 10.4. The molecule has 0 spiro atoms. The highest BCUT2D eigenvalue weighted by atomic mass is 35.5. The van der Waals surface area contributed by atoms with Crippen molar-refractivity contribution in [1.29, 1.82) is 0 Å². The topological polar surface area (TPSA) is 26.3 Å². The molecule has 0 aromatic heterocycles. The van der Waals surface area contributed by atoms with Crippen LogP contribution >= 0.6 is 35.1 Å². The Bertz CT molecular complexity index is 112. The lowest BCUT2D eigenvalue weighted by molar-refractivity contribution is -0.134. The first-order valence-corrected chi connectivity index (χ1v) is 3.32. The van der Waals surface area contributed by atoms with Gasteiger partial charge in [0.05, 0.1) is 0 Å². The van der Waals surface area contributed by atoms with Crippen LogP contribution in [0.4, 0.5) is 0 Å². The average molecular weight is 191 g/mol. The molecular weight excluding hydrogens is 186 g/mol. The number of hydrogen-bond donors (Lipinski definition) is 0. The zero-order valence-corrected chi connectivity index (χ0v) is 6.93. The molecule has 2 nitrogen and oxygen atoms in total. The first kappa shape index (κ1) is 9.34. The molecule has 0 unspecified atom stereocenters. The van der Waals surface area contributed by atoms with E-state index in [4.69, 9.17) is 35.1 Å². The smallest absolute Gasteiger partial charge is 0.344 e. The van der Waals surface area contributed by atoms with E-state index in [0.717, 1.165) is 0 Å². The second-order valence-corrected chi connectivity index (χ2v) is 3.06. The molecule has 9 heavy (non-hydrogen) atoms. The number of carbonyl (C=O) groups excluding carboxylic acids is 1. The van der Waals surface area contributed by atoms with E-state index in [2.05, 4.69) is 4.29 Å². The Balaban J connectivity index is 3.97.